The fourth-order valence-corrected chi connectivity index (χ4v) is 1.30. The van der Waals surface area contributed by atoms with Gasteiger partial charge in [0, 0.05) is 13.1 Å². The van der Waals surface area contributed by atoms with Crippen LogP contribution in [0.5, 0.6) is 0 Å². The van der Waals surface area contributed by atoms with E-state index in [9.17, 15) is 4.39 Å². The molecule has 0 fully saturated rings. The average molecular weight is 234 g/mol. The van der Waals surface area contributed by atoms with Crippen LogP contribution < -0.4 is 5.32 Å². The van der Waals surface area contributed by atoms with Crippen molar-refractivity contribution in [3.8, 4) is 0 Å². The molecule has 0 aliphatic carbocycles. The van der Waals surface area contributed by atoms with Gasteiger partial charge in [0.05, 0.1) is 17.7 Å². The molecule has 1 rings (SSSR count). The van der Waals surface area contributed by atoms with Gasteiger partial charge in [-0.25, -0.2) is 4.39 Å². The van der Waals surface area contributed by atoms with Crippen molar-refractivity contribution in [3.63, 3.8) is 0 Å². The van der Waals surface area contributed by atoms with Crippen molar-refractivity contribution < 1.29 is 14.6 Å². The second kappa shape index (κ2) is 6.02. The van der Waals surface area contributed by atoms with Crippen LogP contribution in [0.25, 0.3) is 0 Å². The zero-order valence-electron chi connectivity index (χ0n) is 8.08. The number of benzene rings is 1. The Hall–Kier alpha value is -0.680. The van der Waals surface area contributed by atoms with Gasteiger partial charge in [-0.15, -0.1) is 0 Å². The molecule has 0 unspecified atom stereocenters. The lowest BCUT2D eigenvalue weighted by Gasteiger charge is -2.09. The summed E-state index contributed by atoms with van der Waals surface area (Å²) in [6.45, 7) is 0.472. The van der Waals surface area contributed by atoms with Crippen molar-refractivity contribution in [1.29, 1.82) is 0 Å². The molecule has 0 bridgehead atoms. The number of aliphatic hydroxyl groups excluding tert-OH is 2. The molecule has 0 saturated heterocycles. The molecule has 1 aromatic carbocycles. The second-order valence-electron chi connectivity index (χ2n) is 3.22. The van der Waals surface area contributed by atoms with Gasteiger partial charge in [-0.1, -0.05) is 17.7 Å². The topological polar surface area (TPSA) is 52.5 Å². The highest BCUT2D eigenvalue weighted by Gasteiger charge is 2.03. The maximum absolute atomic E-state index is 12.8. The first-order chi connectivity index (χ1) is 7.13. The number of rotatable bonds is 5. The predicted octanol–water partition coefficient (Wildman–Crippen LogP) is 0.922. The van der Waals surface area contributed by atoms with Crippen LogP contribution in [0.3, 0.4) is 0 Å². The highest BCUT2D eigenvalue weighted by molar-refractivity contribution is 6.30. The van der Waals surface area contributed by atoms with E-state index in [1.165, 1.54) is 12.1 Å². The maximum atomic E-state index is 12.8. The Balaban J connectivity index is 2.41. The highest BCUT2D eigenvalue weighted by Crippen LogP contribution is 2.15. The Bertz CT molecular complexity index is 322. The first-order valence-corrected chi connectivity index (χ1v) is 4.95. The van der Waals surface area contributed by atoms with E-state index in [0.717, 1.165) is 5.56 Å². The maximum Gasteiger partial charge on any atom is 0.141 e. The molecule has 84 valence electrons. The van der Waals surface area contributed by atoms with Gasteiger partial charge in [0.2, 0.25) is 0 Å². The minimum atomic E-state index is -0.777. The first kappa shape index (κ1) is 12.4. The molecule has 3 nitrogen and oxygen atoms in total. The van der Waals surface area contributed by atoms with E-state index in [1.54, 1.807) is 6.07 Å². The summed E-state index contributed by atoms with van der Waals surface area (Å²) in [5, 5.41) is 20.6. The van der Waals surface area contributed by atoms with E-state index >= 15 is 0 Å². The molecule has 0 radical (unpaired) electrons. The largest absolute Gasteiger partial charge is 0.394 e. The van der Waals surface area contributed by atoms with Crippen molar-refractivity contribution >= 4 is 11.6 Å². The third-order valence-electron chi connectivity index (χ3n) is 1.90. The molecular weight excluding hydrogens is 221 g/mol. The number of nitrogens with one attached hydrogen (secondary N) is 1. The van der Waals surface area contributed by atoms with E-state index in [4.69, 9.17) is 21.8 Å². The smallest absolute Gasteiger partial charge is 0.141 e. The van der Waals surface area contributed by atoms with Crippen LogP contribution >= 0.6 is 11.6 Å². The third-order valence-corrected chi connectivity index (χ3v) is 2.19. The SMILES string of the molecule is OC[C@@H](O)CNCc1ccc(F)c(Cl)c1. The molecule has 0 amide bonds. The third kappa shape index (κ3) is 4.13. The predicted molar refractivity (Wildman–Crippen MR) is 56.2 cm³/mol. The van der Waals surface area contributed by atoms with Crippen molar-refractivity contribution in [2.45, 2.75) is 12.6 Å². The van der Waals surface area contributed by atoms with Crippen LogP contribution in [-0.4, -0.2) is 29.5 Å². The number of halogens is 2. The molecule has 5 heteroatoms. The van der Waals surface area contributed by atoms with E-state index in [2.05, 4.69) is 5.32 Å². The molecule has 0 heterocycles. The summed E-state index contributed by atoms with van der Waals surface area (Å²) >= 11 is 5.59. The van der Waals surface area contributed by atoms with Crippen LogP contribution in [0.2, 0.25) is 5.02 Å². The van der Waals surface area contributed by atoms with Crippen molar-refractivity contribution in [2.75, 3.05) is 13.2 Å². The Labute approximate surface area is 92.5 Å². The number of aliphatic hydroxyl groups is 2. The van der Waals surface area contributed by atoms with Gasteiger partial charge in [-0.2, -0.15) is 0 Å². The van der Waals surface area contributed by atoms with Crippen LogP contribution in [0.1, 0.15) is 5.56 Å². The van der Waals surface area contributed by atoms with Crippen LogP contribution in [-0.2, 0) is 6.54 Å². The van der Waals surface area contributed by atoms with E-state index in [-0.39, 0.29) is 18.2 Å². The lowest BCUT2D eigenvalue weighted by Crippen LogP contribution is -2.28. The minimum absolute atomic E-state index is 0.0806. The average Bonchev–Trinajstić information content (AvgIpc) is 2.23. The first-order valence-electron chi connectivity index (χ1n) is 4.57. The summed E-state index contributed by atoms with van der Waals surface area (Å²) in [5.41, 5.74) is 0.825. The zero-order chi connectivity index (χ0) is 11.3. The molecule has 15 heavy (non-hydrogen) atoms. The van der Waals surface area contributed by atoms with E-state index in [1.807, 2.05) is 0 Å². The van der Waals surface area contributed by atoms with Crippen molar-refractivity contribution in [3.05, 3.63) is 34.6 Å². The van der Waals surface area contributed by atoms with Gasteiger partial charge in [-0.05, 0) is 17.7 Å². The number of hydrogen-bond donors (Lipinski definition) is 3. The fourth-order valence-electron chi connectivity index (χ4n) is 1.10. The Morgan fingerprint density at radius 3 is 2.80 bits per heavy atom. The van der Waals surface area contributed by atoms with Gasteiger partial charge in [0.1, 0.15) is 5.82 Å². The summed E-state index contributed by atoms with van der Waals surface area (Å²) in [7, 11) is 0. The molecule has 0 saturated carbocycles. The molecule has 0 aliphatic rings. The van der Waals surface area contributed by atoms with Crippen molar-refractivity contribution in [2.24, 2.45) is 0 Å². The quantitative estimate of drug-likeness (QED) is 0.709. The van der Waals surface area contributed by atoms with Crippen LogP contribution in [0, 0.1) is 5.82 Å². The summed E-state index contributed by atoms with van der Waals surface area (Å²) in [5.74, 6) is -0.448. The minimum Gasteiger partial charge on any atom is -0.394 e. The second-order valence-corrected chi connectivity index (χ2v) is 3.62. The monoisotopic (exact) mass is 233 g/mol. The van der Waals surface area contributed by atoms with Gasteiger partial charge in [-0.3, -0.25) is 0 Å². The highest BCUT2D eigenvalue weighted by atomic mass is 35.5. The van der Waals surface area contributed by atoms with E-state index in [0.29, 0.717) is 6.54 Å². The lowest BCUT2D eigenvalue weighted by molar-refractivity contribution is 0.0942. The Morgan fingerprint density at radius 2 is 2.20 bits per heavy atom. The summed E-state index contributed by atoms with van der Waals surface area (Å²) < 4.78 is 12.8. The molecule has 3 N–H and O–H groups in total. The van der Waals surface area contributed by atoms with Crippen LogP contribution in [0.15, 0.2) is 18.2 Å². The van der Waals surface area contributed by atoms with Crippen molar-refractivity contribution in [1.82, 2.24) is 5.32 Å². The fraction of sp³-hybridized carbons (Fsp3) is 0.400. The van der Waals surface area contributed by atoms with Gasteiger partial charge in [0.25, 0.3) is 0 Å². The molecule has 0 aliphatic heterocycles. The molecule has 1 atom stereocenters. The Kier molecular flexibility index (Phi) is 4.98. The normalized spacial score (nSPS) is 12.8. The molecular formula is C10H13ClFNO2. The zero-order valence-corrected chi connectivity index (χ0v) is 8.84. The lowest BCUT2D eigenvalue weighted by atomic mass is 10.2. The Morgan fingerprint density at radius 1 is 1.47 bits per heavy atom. The molecule has 0 aromatic heterocycles. The van der Waals surface area contributed by atoms with Gasteiger partial charge in [0.15, 0.2) is 0 Å². The number of hydrogen-bond acceptors (Lipinski definition) is 3. The summed E-state index contributed by atoms with van der Waals surface area (Å²) in [6, 6.07) is 4.43. The van der Waals surface area contributed by atoms with Gasteiger partial charge < -0.3 is 15.5 Å². The van der Waals surface area contributed by atoms with Gasteiger partial charge >= 0.3 is 0 Å². The standard InChI is InChI=1S/C10H13ClFNO2/c11-9-3-7(1-2-10(9)12)4-13-5-8(15)6-14/h1-3,8,13-15H,4-6H2/t8-/m0/s1. The molecule has 0 spiro atoms. The summed E-state index contributed by atoms with van der Waals surface area (Å²) in [6.07, 6.45) is -0.777. The summed E-state index contributed by atoms with van der Waals surface area (Å²) in [4.78, 5) is 0. The molecule has 1 aromatic rings. The van der Waals surface area contributed by atoms with E-state index < -0.39 is 11.9 Å². The van der Waals surface area contributed by atoms with Crippen LogP contribution in [0.4, 0.5) is 4.39 Å².